The molecule has 0 bridgehead atoms. The fourth-order valence-corrected chi connectivity index (χ4v) is 5.56. The molecule has 1 aliphatic carbocycles. The van der Waals surface area contributed by atoms with Gasteiger partial charge >= 0.3 is 0 Å². The summed E-state index contributed by atoms with van der Waals surface area (Å²) in [6.45, 7) is 4.56. The maximum absolute atomic E-state index is 2.46. The van der Waals surface area contributed by atoms with E-state index in [1.807, 2.05) is 0 Å². The highest BCUT2D eigenvalue weighted by Crippen LogP contribution is 2.56. The molecule has 5 aromatic rings. The van der Waals surface area contributed by atoms with Crippen LogP contribution in [0.2, 0.25) is 0 Å². The maximum Gasteiger partial charge on any atom is 0.0713 e. The van der Waals surface area contributed by atoms with Crippen molar-refractivity contribution in [2.45, 2.75) is 25.2 Å². The fourth-order valence-electron chi connectivity index (χ4n) is 5.56. The SMILES string of the molecule is CC(C)c1ccc2c(c1)C(c1ccccc1)(c1ccc3ccccc3c1)c1ccccc1-2. The van der Waals surface area contributed by atoms with E-state index in [4.69, 9.17) is 0 Å². The largest absolute Gasteiger partial charge is 0.0713 e. The summed E-state index contributed by atoms with van der Waals surface area (Å²) in [5, 5.41) is 2.56. The molecular formula is C32H26. The zero-order valence-electron chi connectivity index (χ0n) is 18.5. The van der Waals surface area contributed by atoms with Gasteiger partial charge in [0.1, 0.15) is 0 Å². The molecule has 0 aromatic heterocycles. The number of hydrogen-bond donors (Lipinski definition) is 0. The molecule has 0 nitrogen and oxygen atoms in total. The van der Waals surface area contributed by atoms with Crippen LogP contribution in [0, 0.1) is 0 Å². The number of benzene rings is 5. The molecule has 0 heteroatoms. The molecule has 6 rings (SSSR count). The van der Waals surface area contributed by atoms with Gasteiger partial charge in [0.25, 0.3) is 0 Å². The molecule has 0 heterocycles. The van der Waals surface area contributed by atoms with Gasteiger partial charge in [-0.3, -0.25) is 0 Å². The van der Waals surface area contributed by atoms with Crippen LogP contribution >= 0.6 is 0 Å². The van der Waals surface area contributed by atoms with Crippen LogP contribution in [0.5, 0.6) is 0 Å². The molecule has 0 radical (unpaired) electrons. The predicted octanol–water partition coefficient (Wildman–Crippen LogP) is 8.33. The van der Waals surface area contributed by atoms with Crippen molar-refractivity contribution in [1.82, 2.24) is 0 Å². The van der Waals surface area contributed by atoms with Crippen molar-refractivity contribution in [2.75, 3.05) is 0 Å². The van der Waals surface area contributed by atoms with Crippen LogP contribution in [0.15, 0.2) is 115 Å². The van der Waals surface area contributed by atoms with Crippen molar-refractivity contribution < 1.29 is 0 Å². The van der Waals surface area contributed by atoms with Crippen molar-refractivity contribution in [3.63, 3.8) is 0 Å². The molecule has 5 aromatic carbocycles. The summed E-state index contributed by atoms with van der Waals surface area (Å²) in [5.74, 6) is 0.481. The lowest BCUT2D eigenvalue weighted by atomic mass is 9.67. The average Bonchev–Trinajstić information content (AvgIpc) is 3.15. The molecule has 0 spiro atoms. The highest BCUT2D eigenvalue weighted by molar-refractivity contribution is 5.89. The third kappa shape index (κ3) is 2.63. The Labute approximate surface area is 190 Å². The van der Waals surface area contributed by atoms with E-state index in [9.17, 15) is 0 Å². The van der Waals surface area contributed by atoms with E-state index in [-0.39, 0.29) is 5.41 Å². The minimum absolute atomic E-state index is 0.331. The summed E-state index contributed by atoms with van der Waals surface area (Å²) >= 11 is 0. The Hall–Kier alpha value is -3.64. The topological polar surface area (TPSA) is 0 Å². The molecule has 154 valence electrons. The lowest BCUT2D eigenvalue weighted by Gasteiger charge is -2.34. The molecule has 0 saturated carbocycles. The maximum atomic E-state index is 2.46. The molecule has 32 heavy (non-hydrogen) atoms. The summed E-state index contributed by atoms with van der Waals surface area (Å²) in [4.78, 5) is 0. The van der Waals surface area contributed by atoms with Crippen molar-refractivity contribution in [1.29, 1.82) is 0 Å². The summed E-state index contributed by atoms with van der Waals surface area (Å²) in [7, 11) is 0. The Morgan fingerprint density at radius 3 is 2.00 bits per heavy atom. The second-order valence-electron chi connectivity index (χ2n) is 9.18. The van der Waals surface area contributed by atoms with Crippen LogP contribution in [-0.4, -0.2) is 0 Å². The van der Waals surface area contributed by atoms with Crippen molar-refractivity contribution in [3.05, 3.63) is 143 Å². The van der Waals surface area contributed by atoms with Crippen LogP contribution in [-0.2, 0) is 5.41 Å². The lowest BCUT2D eigenvalue weighted by Crippen LogP contribution is -2.28. The van der Waals surface area contributed by atoms with Gasteiger partial charge in [-0.2, -0.15) is 0 Å². The van der Waals surface area contributed by atoms with Gasteiger partial charge in [0.2, 0.25) is 0 Å². The molecule has 0 saturated heterocycles. The van der Waals surface area contributed by atoms with Crippen LogP contribution in [0.4, 0.5) is 0 Å². The number of hydrogen-bond acceptors (Lipinski definition) is 0. The Morgan fingerprint density at radius 1 is 0.500 bits per heavy atom. The second-order valence-corrected chi connectivity index (χ2v) is 9.18. The van der Waals surface area contributed by atoms with E-state index in [1.165, 1.54) is 49.7 Å². The Balaban J connectivity index is 1.78. The first-order chi connectivity index (χ1) is 15.7. The van der Waals surface area contributed by atoms with Gasteiger partial charge < -0.3 is 0 Å². The zero-order chi connectivity index (χ0) is 21.7. The van der Waals surface area contributed by atoms with Crippen LogP contribution < -0.4 is 0 Å². The van der Waals surface area contributed by atoms with Gasteiger partial charge in [-0.1, -0.05) is 123 Å². The summed E-state index contributed by atoms with van der Waals surface area (Å²) < 4.78 is 0. The van der Waals surface area contributed by atoms with Crippen molar-refractivity contribution in [2.24, 2.45) is 0 Å². The standard InChI is InChI=1S/C32H26/c1-22(2)24-17-19-29-28-14-8-9-15-30(28)32(31(29)21-24,26-12-4-3-5-13-26)27-18-16-23-10-6-7-11-25(23)20-27/h3-22H,1-2H3. The molecule has 1 unspecified atom stereocenters. The molecule has 1 aliphatic rings. The van der Waals surface area contributed by atoms with Gasteiger partial charge in [0.05, 0.1) is 5.41 Å². The third-order valence-electron chi connectivity index (χ3n) is 7.12. The number of rotatable bonds is 3. The van der Waals surface area contributed by atoms with Crippen molar-refractivity contribution in [3.8, 4) is 11.1 Å². The first-order valence-corrected chi connectivity index (χ1v) is 11.5. The Bertz CT molecular complexity index is 1440. The number of fused-ring (bicyclic) bond motifs is 4. The third-order valence-corrected chi connectivity index (χ3v) is 7.12. The van der Waals surface area contributed by atoms with Crippen LogP contribution in [0.25, 0.3) is 21.9 Å². The normalized spacial score (nSPS) is 16.8. The van der Waals surface area contributed by atoms with E-state index >= 15 is 0 Å². The predicted molar refractivity (Wildman–Crippen MR) is 135 cm³/mol. The lowest BCUT2D eigenvalue weighted by molar-refractivity contribution is 0.763. The van der Waals surface area contributed by atoms with Crippen LogP contribution in [0.3, 0.4) is 0 Å². The van der Waals surface area contributed by atoms with Gasteiger partial charge in [0, 0.05) is 0 Å². The quantitative estimate of drug-likeness (QED) is 0.275. The molecule has 0 aliphatic heterocycles. The van der Waals surface area contributed by atoms with Gasteiger partial charge in [-0.05, 0) is 61.7 Å². The monoisotopic (exact) mass is 410 g/mol. The van der Waals surface area contributed by atoms with Crippen LogP contribution in [0.1, 0.15) is 47.6 Å². The molecular weight excluding hydrogens is 384 g/mol. The average molecular weight is 411 g/mol. The molecule has 0 amide bonds. The highest BCUT2D eigenvalue weighted by atomic mass is 14.5. The summed E-state index contributed by atoms with van der Waals surface area (Å²) in [6.07, 6.45) is 0. The van der Waals surface area contributed by atoms with E-state index in [0.29, 0.717) is 5.92 Å². The van der Waals surface area contributed by atoms with Gasteiger partial charge in [-0.25, -0.2) is 0 Å². The molecule has 1 atom stereocenters. The van der Waals surface area contributed by atoms with Gasteiger partial charge in [0.15, 0.2) is 0 Å². The second kappa shape index (κ2) is 7.21. The fraction of sp³-hybridized carbons (Fsp3) is 0.125. The van der Waals surface area contributed by atoms with E-state index in [0.717, 1.165) is 0 Å². The first kappa shape index (κ1) is 19.1. The van der Waals surface area contributed by atoms with E-state index < -0.39 is 0 Å². The molecule has 0 N–H and O–H groups in total. The van der Waals surface area contributed by atoms with Gasteiger partial charge in [-0.15, -0.1) is 0 Å². The van der Waals surface area contributed by atoms with Crippen molar-refractivity contribution >= 4 is 10.8 Å². The smallest absolute Gasteiger partial charge is 0.0622 e. The highest BCUT2D eigenvalue weighted by Gasteiger charge is 2.46. The summed E-state index contributed by atoms with van der Waals surface area (Å²) in [6, 6.07) is 42.8. The Morgan fingerprint density at radius 2 is 1.19 bits per heavy atom. The Kier molecular flexibility index (Phi) is 4.30. The van der Waals surface area contributed by atoms with E-state index in [2.05, 4.69) is 129 Å². The minimum Gasteiger partial charge on any atom is -0.0622 e. The first-order valence-electron chi connectivity index (χ1n) is 11.5. The van der Waals surface area contributed by atoms with E-state index in [1.54, 1.807) is 0 Å². The molecule has 0 fully saturated rings. The summed E-state index contributed by atoms with van der Waals surface area (Å²) in [5.41, 5.74) is 9.16. The zero-order valence-corrected chi connectivity index (χ0v) is 18.5. The minimum atomic E-state index is -0.331.